The number of hydrogen-bond acceptors (Lipinski definition) is 5. The Morgan fingerprint density at radius 3 is 2.59 bits per heavy atom. The van der Waals surface area contributed by atoms with E-state index >= 15 is 0 Å². The van der Waals surface area contributed by atoms with Gasteiger partial charge in [-0.3, -0.25) is 9.78 Å². The topological polar surface area (TPSA) is 73.6 Å². The van der Waals surface area contributed by atoms with Gasteiger partial charge in [0.1, 0.15) is 17.1 Å². The van der Waals surface area contributed by atoms with E-state index in [-0.39, 0.29) is 5.91 Å². The average Bonchev–Trinajstić information content (AvgIpc) is 3.32. The highest BCUT2D eigenvalue weighted by Crippen LogP contribution is 2.38. The molecular weight excluding hydrogens is 464 g/mol. The molecule has 0 saturated heterocycles. The second-order valence-electron chi connectivity index (χ2n) is 8.61. The van der Waals surface area contributed by atoms with Gasteiger partial charge >= 0.3 is 0 Å². The summed E-state index contributed by atoms with van der Waals surface area (Å²) >= 11 is 0. The van der Waals surface area contributed by atoms with Crippen LogP contribution in [0.15, 0.2) is 89.7 Å². The summed E-state index contributed by atoms with van der Waals surface area (Å²) in [6.45, 7) is 6.92. The third-order valence-electron chi connectivity index (χ3n) is 6.09. The van der Waals surface area contributed by atoms with Crippen LogP contribution in [-0.4, -0.2) is 24.1 Å². The van der Waals surface area contributed by atoms with E-state index in [9.17, 15) is 4.79 Å². The molecular formula is C31H28N2O4. The Morgan fingerprint density at radius 2 is 1.81 bits per heavy atom. The van der Waals surface area contributed by atoms with Gasteiger partial charge < -0.3 is 19.2 Å². The van der Waals surface area contributed by atoms with Crippen molar-refractivity contribution in [1.29, 1.82) is 0 Å². The van der Waals surface area contributed by atoms with Crippen molar-refractivity contribution in [1.82, 2.24) is 4.98 Å². The van der Waals surface area contributed by atoms with Crippen LogP contribution >= 0.6 is 0 Å². The van der Waals surface area contributed by atoms with E-state index in [2.05, 4.69) is 10.3 Å². The monoisotopic (exact) mass is 492 g/mol. The minimum absolute atomic E-state index is 0.220. The van der Waals surface area contributed by atoms with Gasteiger partial charge in [-0.15, -0.1) is 0 Å². The zero-order valence-corrected chi connectivity index (χ0v) is 21.1. The van der Waals surface area contributed by atoms with E-state index in [0.717, 1.165) is 49.9 Å². The van der Waals surface area contributed by atoms with Gasteiger partial charge in [-0.05, 0) is 74.4 Å². The molecule has 1 amide bonds. The summed E-state index contributed by atoms with van der Waals surface area (Å²) in [4.78, 5) is 17.2. The zero-order valence-electron chi connectivity index (χ0n) is 21.1. The Kier molecular flexibility index (Phi) is 6.90. The molecule has 0 atom stereocenters. The van der Waals surface area contributed by atoms with E-state index in [4.69, 9.17) is 13.9 Å². The fourth-order valence-electron chi connectivity index (χ4n) is 4.37. The number of pyridine rings is 1. The Labute approximate surface area is 215 Å². The van der Waals surface area contributed by atoms with E-state index in [0.29, 0.717) is 24.7 Å². The van der Waals surface area contributed by atoms with Crippen LogP contribution in [0, 0.1) is 0 Å². The molecule has 6 heteroatoms. The first-order valence-electron chi connectivity index (χ1n) is 12.3. The van der Waals surface area contributed by atoms with Crippen molar-refractivity contribution in [3.63, 3.8) is 0 Å². The fraction of sp³-hybridized carbons (Fsp3) is 0.161. The lowest BCUT2D eigenvalue weighted by Gasteiger charge is -2.12. The fourth-order valence-corrected chi connectivity index (χ4v) is 4.37. The van der Waals surface area contributed by atoms with E-state index in [1.54, 1.807) is 18.5 Å². The van der Waals surface area contributed by atoms with Crippen LogP contribution in [-0.2, 0) is 4.79 Å². The molecule has 0 saturated carbocycles. The van der Waals surface area contributed by atoms with Gasteiger partial charge in [-0.25, -0.2) is 0 Å². The Morgan fingerprint density at radius 1 is 1.00 bits per heavy atom. The SMILES string of the molecule is CCOc1ccc(-c2coc3cc(OCC)c(/C(C)=C/C(=O)Nc4ccc5ncccc5c4)cc23)cc1. The molecule has 6 nitrogen and oxygen atoms in total. The quantitative estimate of drug-likeness (QED) is 0.227. The molecule has 186 valence electrons. The predicted octanol–water partition coefficient (Wildman–Crippen LogP) is 7.49. The van der Waals surface area contributed by atoms with Crippen molar-refractivity contribution in [2.75, 3.05) is 18.5 Å². The van der Waals surface area contributed by atoms with Crippen molar-refractivity contribution < 1.29 is 18.7 Å². The third kappa shape index (κ3) is 5.19. The first-order valence-corrected chi connectivity index (χ1v) is 12.3. The molecule has 37 heavy (non-hydrogen) atoms. The van der Waals surface area contributed by atoms with Crippen molar-refractivity contribution in [3.05, 3.63) is 90.8 Å². The highest BCUT2D eigenvalue weighted by molar-refractivity contribution is 6.06. The van der Waals surface area contributed by atoms with Gasteiger partial charge in [0.2, 0.25) is 5.91 Å². The molecule has 0 spiro atoms. The van der Waals surface area contributed by atoms with Gasteiger partial charge in [-0.1, -0.05) is 18.2 Å². The lowest BCUT2D eigenvalue weighted by atomic mass is 9.99. The van der Waals surface area contributed by atoms with Crippen LogP contribution in [0.25, 0.3) is 38.6 Å². The molecule has 0 radical (unpaired) electrons. The first-order chi connectivity index (χ1) is 18.1. The first kappa shape index (κ1) is 24.1. The number of hydrogen-bond donors (Lipinski definition) is 1. The number of carbonyl (C=O) groups is 1. The number of aromatic nitrogens is 1. The van der Waals surface area contributed by atoms with Crippen molar-refractivity contribution in [3.8, 4) is 22.6 Å². The molecule has 0 aliphatic carbocycles. The Hall–Kier alpha value is -4.58. The summed E-state index contributed by atoms with van der Waals surface area (Å²) in [5.74, 6) is 1.27. The van der Waals surface area contributed by atoms with Crippen LogP contribution in [0.1, 0.15) is 26.3 Å². The number of fused-ring (bicyclic) bond motifs is 2. The Bertz CT molecular complexity index is 1600. The molecule has 2 heterocycles. The number of anilines is 1. The maximum absolute atomic E-state index is 12.9. The highest BCUT2D eigenvalue weighted by atomic mass is 16.5. The minimum Gasteiger partial charge on any atom is -0.494 e. The molecule has 2 aromatic heterocycles. The average molecular weight is 493 g/mol. The molecule has 5 aromatic rings. The lowest BCUT2D eigenvalue weighted by Crippen LogP contribution is -2.08. The summed E-state index contributed by atoms with van der Waals surface area (Å²) in [6, 6.07) is 21.3. The number of rotatable bonds is 8. The summed E-state index contributed by atoms with van der Waals surface area (Å²) in [5, 5.41) is 4.86. The number of nitrogens with one attached hydrogen (secondary N) is 1. The highest BCUT2D eigenvalue weighted by Gasteiger charge is 2.15. The van der Waals surface area contributed by atoms with E-state index in [1.807, 2.05) is 87.5 Å². The van der Waals surface area contributed by atoms with Crippen LogP contribution in [0.4, 0.5) is 5.69 Å². The summed E-state index contributed by atoms with van der Waals surface area (Å²) in [7, 11) is 0. The standard InChI is InChI=1S/C31H28N2O4/c1-4-35-24-11-8-21(9-12-24)27-19-37-30-18-29(36-5-2)25(17-26(27)30)20(3)15-31(34)33-23-10-13-28-22(16-23)7-6-14-32-28/h6-19H,4-5H2,1-3H3,(H,33,34)/b20-15+. The number of furan rings is 1. The third-order valence-corrected chi connectivity index (χ3v) is 6.09. The smallest absolute Gasteiger partial charge is 0.248 e. The van der Waals surface area contributed by atoms with Crippen molar-refractivity contribution in [2.24, 2.45) is 0 Å². The van der Waals surface area contributed by atoms with Gasteiger partial charge in [0, 0.05) is 45.9 Å². The predicted molar refractivity (Wildman–Crippen MR) is 148 cm³/mol. The van der Waals surface area contributed by atoms with Gasteiger partial charge in [0.25, 0.3) is 0 Å². The van der Waals surface area contributed by atoms with Crippen LogP contribution < -0.4 is 14.8 Å². The number of ether oxygens (including phenoxy) is 2. The molecule has 0 unspecified atom stereocenters. The Balaban J connectivity index is 1.47. The maximum atomic E-state index is 12.9. The molecule has 0 bridgehead atoms. The van der Waals surface area contributed by atoms with E-state index in [1.165, 1.54) is 0 Å². The van der Waals surface area contributed by atoms with Gasteiger partial charge in [0.15, 0.2) is 0 Å². The number of carbonyl (C=O) groups excluding carboxylic acids is 1. The van der Waals surface area contributed by atoms with E-state index < -0.39 is 0 Å². The lowest BCUT2D eigenvalue weighted by molar-refractivity contribution is -0.111. The number of benzene rings is 3. The largest absolute Gasteiger partial charge is 0.494 e. The maximum Gasteiger partial charge on any atom is 0.248 e. The molecule has 1 N–H and O–H groups in total. The minimum atomic E-state index is -0.220. The van der Waals surface area contributed by atoms with Crippen LogP contribution in [0.5, 0.6) is 11.5 Å². The van der Waals surface area contributed by atoms with Crippen LogP contribution in [0.2, 0.25) is 0 Å². The molecule has 3 aromatic carbocycles. The summed E-state index contributed by atoms with van der Waals surface area (Å²) in [5.41, 5.74) is 5.91. The van der Waals surface area contributed by atoms with Crippen molar-refractivity contribution >= 4 is 39.0 Å². The van der Waals surface area contributed by atoms with Crippen LogP contribution in [0.3, 0.4) is 0 Å². The summed E-state index contributed by atoms with van der Waals surface area (Å²) in [6.07, 6.45) is 5.09. The molecule has 0 aliphatic rings. The second-order valence-corrected chi connectivity index (χ2v) is 8.61. The molecule has 0 aliphatic heterocycles. The number of allylic oxidation sites excluding steroid dienone is 1. The normalized spacial score (nSPS) is 11.6. The van der Waals surface area contributed by atoms with Crippen molar-refractivity contribution in [2.45, 2.75) is 20.8 Å². The number of amides is 1. The zero-order chi connectivity index (χ0) is 25.8. The molecule has 0 fully saturated rings. The summed E-state index contributed by atoms with van der Waals surface area (Å²) < 4.78 is 17.4. The molecule has 5 rings (SSSR count). The van der Waals surface area contributed by atoms with Gasteiger partial charge in [0.05, 0.1) is 25.0 Å². The number of nitrogens with zero attached hydrogens (tertiary/aromatic N) is 1. The second kappa shape index (κ2) is 10.6. The van der Waals surface area contributed by atoms with Gasteiger partial charge in [-0.2, -0.15) is 0 Å².